The quantitative estimate of drug-likeness (QED) is 0.916. The van der Waals surface area contributed by atoms with Crippen LogP contribution in [0.5, 0.6) is 5.75 Å². The van der Waals surface area contributed by atoms with Crippen LogP contribution in [0, 0.1) is 0 Å². The van der Waals surface area contributed by atoms with E-state index < -0.39 is 6.10 Å². The molecule has 0 saturated heterocycles. The summed E-state index contributed by atoms with van der Waals surface area (Å²) in [4.78, 5) is 0.876. The van der Waals surface area contributed by atoms with E-state index in [0.29, 0.717) is 11.4 Å². The van der Waals surface area contributed by atoms with Gasteiger partial charge in [0.05, 0.1) is 18.2 Å². The van der Waals surface area contributed by atoms with E-state index in [0.717, 1.165) is 16.2 Å². The van der Waals surface area contributed by atoms with E-state index in [1.165, 1.54) is 11.3 Å². The molecule has 1 N–H and O–H groups in total. The molecule has 0 bridgehead atoms. The Labute approximate surface area is 109 Å². The summed E-state index contributed by atoms with van der Waals surface area (Å²) in [6, 6.07) is 9.50. The van der Waals surface area contributed by atoms with E-state index in [2.05, 4.69) is 0 Å². The summed E-state index contributed by atoms with van der Waals surface area (Å²) in [7, 11) is 1.63. The number of hydrogen-bond donors (Lipinski definition) is 1. The molecule has 0 aliphatic rings. The number of thiophene rings is 1. The van der Waals surface area contributed by atoms with Gasteiger partial charge in [0, 0.05) is 16.7 Å². The molecular weight excluding hydrogens is 256 g/mol. The maximum absolute atomic E-state index is 10.1. The highest BCUT2D eigenvalue weighted by atomic mass is 35.5. The number of hydrogen-bond acceptors (Lipinski definition) is 3. The van der Waals surface area contributed by atoms with Gasteiger partial charge in [0.25, 0.3) is 0 Å². The second-order valence-corrected chi connectivity index (χ2v) is 5.08. The summed E-state index contributed by atoms with van der Waals surface area (Å²) in [5.41, 5.74) is 0.993. The number of aliphatic hydroxyl groups excluding tert-OH is 1. The lowest BCUT2D eigenvalue weighted by Gasteiger charge is -2.11. The summed E-state index contributed by atoms with van der Waals surface area (Å²) in [6.45, 7) is 0. The number of benzene rings is 1. The Kier molecular flexibility index (Phi) is 4.05. The van der Waals surface area contributed by atoms with Crippen LogP contribution in [0.4, 0.5) is 0 Å². The summed E-state index contributed by atoms with van der Waals surface area (Å²) in [6.07, 6.45) is -0.00952. The molecule has 0 spiro atoms. The van der Waals surface area contributed by atoms with Crippen LogP contribution in [0.25, 0.3) is 0 Å². The first-order chi connectivity index (χ1) is 8.20. The first-order valence-electron chi connectivity index (χ1n) is 5.24. The molecule has 2 rings (SSSR count). The standard InChI is InChI=1S/C13H13ClO2S/c1-16-12-5-3-2-4-9(12)6-11(15)13-7-10(14)8-17-13/h2-5,7-8,11,15H,6H2,1H3. The van der Waals surface area contributed by atoms with Crippen LogP contribution in [0.2, 0.25) is 5.02 Å². The Balaban J connectivity index is 2.15. The van der Waals surface area contributed by atoms with Crippen LogP contribution in [0.1, 0.15) is 16.5 Å². The predicted octanol–water partition coefficient (Wildman–Crippen LogP) is 3.69. The fourth-order valence-electron chi connectivity index (χ4n) is 1.68. The molecule has 4 heteroatoms. The zero-order chi connectivity index (χ0) is 12.3. The van der Waals surface area contributed by atoms with Gasteiger partial charge in [0.15, 0.2) is 0 Å². The lowest BCUT2D eigenvalue weighted by atomic mass is 10.1. The average Bonchev–Trinajstić information content (AvgIpc) is 2.77. The second kappa shape index (κ2) is 5.54. The average molecular weight is 269 g/mol. The molecule has 1 aromatic heterocycles. The maximum Gasteiger partial charge on any atom is 0.122 e. The minimum absolute atomic E-state index is 0.529. The van der Waals surface area contributed by atoms with Crippen molar-refractivity contribution >= 4 is 22.9 Å². The van der Waals surface area contributed by atoms with E-state index in [1.807, 2.05) is 29.6 Å². The Hall–Kier alpha value is -1.03. The van der Waals surface area contributed by atoms with Crippen molar-refractivity contribution in [2.75, 3.05) is 7.11 Å². The van der Waals surface area contributed by atoms with Crippen molar-refractivity contribution in [3.8, 4) is 5.75 Å². The minimum atomic E-state index is -0.538. The van der Waals surface area contributed by atoms with Crippen LogP contribution >= 0.6 is 22.9 Å². The monoisotopic (exact) mass is 268 g/mol. The lowest BCUT2D eigenvalue weighted by molar-refractivity contribution is 0.181. The third-order valence-electron chi connectivity index (χ3n) is 2.52. The van der Waals surface area contributed by atoms with Gasteiger partial charge in [-0.25, -0.2) is 0 Å². The molecule has 0 amide bonds. The Morgan fingerprint density at radius 3 is 2.82 bits per heavy atom. The summed E-state index contributed by atoms with van der Waals surface area (Å²) in [5.74, 6) is 0.800. The van der Waals surface area contributed by atoms with Crippen molar-refractivity contribution in [1.82, 2.24) is 0 Å². The SMILES string of the molecule is COc1ccccc1CC(O)c1cc(Cl)cs1. The van der Waals surface area contributed by atoms with Crippen molar-refractivity contribution < 1.29 is 9.84 Å². The molecule has 0 aliphatic heterocycles. The molecule has 1 aromatic carbocycles. The molecule has 2 nitrogen and oxygen atoms in total. The van der Waals surface area contributed by atoms with Crippen molar-refractivity contribution in [1.29, 1.82) is 0 Å². The Morgan fingerprint density at radius 1 is 1.41 bits per heavy atom. The van der Waals surface area contributed by atoms with Gasteiger partial charge in [-0.1, -0.05) is 29.8 Å². The number of aliphatic hydroxyl groups is 1. The first kappa shape index (κ1) is 12.4. The first-order valence-corrected chi connectivity index (χ1v) is 6.50. The van der Waals surface area contributed by atoms with Gasteiger partial charge < -0.3 is 9.84 Å². The van der Waals surface area contributed by atoms with Crippen molar-refractivity contribution in [2.45, 2.75) is 12.5 Å². The number of rotatable bonds is 4. The maximum atomic E-state index is 10.1. The molecule has 2 aromatic rings. The molecule has 1 heterocycles. The van der Waals surface area contributed by atoms with Crippen molar-refractivity contribution in [2.24, 2.45) is 0 Å². The number of halogens is 1. The largest absolute Gasteiger partial charge is 0.496 e. The fourth-order valence-corrected chi connectivity index (χ4v) is 2.75. The molecule has 90 valence electrons. The topological polar surface area (TPSA) is 29.5 Å². The molecule has 0 aliphatic carbocycles. The zero-order valence-electron chi connectivity index (χ0n) is 9.39. The molecule has 17 heavy (non-hydrogen) atoms. The van der Waals surface area contributed by atoms with Crippen LogP contribution in [-0.2, 0) is 6.42 Å². The molecule has 0 saturated carbocycles. The number of methoxy groups -OCH3 is 1. The van der Waals surface area contributed by atoms with E-state index in [4.69, 9.17) is 16.3 Å². The van der Waals surface area contributed by atoms with E-state index in [1.54, 1.807) is 13.2 Å². The van der Waals surface area contributed by atoms with Gasteiger partial charge in [0.1, 0.15) is 5.75 Å². The smallest absolute Gasteiger partial charge is 0.122 e. The molecule has 1 atom stereocenters. The van der Waals surface area contributed by atoms with Crippen molar-refractivity contribution in [3.63, 3.8) is 0 Å². The molecule has 0 fully saturated rings. The van der Waals surface area contributed by atoms with Crippen LogP contribution in [0.3, 0.4) is 0 Å². The Bertz CT molecular complexity index is 496. The second-order valence-electron chi connectivity index (χ2n) is 3.70. The zero-order valence-corrected chi connectivity index (χ0v) is 11.0. The molecule has 1 unspecified atom stereocenters. The van der Waals surface area contributed by atoms with E-state index in [-0.39, 0.29) is 0 Å². The van der Waals surface area contributed by atoms with Crippen LogP contribution in [-0.4, -0.2) is 12.2 Å². The highest BCUT2D eigenvalue weighted by Crippen LogP contribution is 2.29. The summed E-state index contributed by atoms with van der Waals surface area (Å²) < 4.78 is 5.25. The number of ether oxygens (including phenoxy) is 1. The summed E-state index contributed by atoms with van der Waals surface area (Å²) >= 11 is 7.31. The third-order valence-corrected chi connectivity index (χ3v) is 3.90. The van der Waals surface area contributed by atoms with E-state index in [9.17, 15) is 5.11 Å². The molecule has 0 radical (unpaired) electrons. The summed E-state index contributed by atoms with van der Waals surface area (Å²) in [5, 5.41) is 12.6. The third kappa shape index (κ3) is 3.00. The lowest BCUT2D eigenvalue weighted by Crippen LogP contribution is -2.01. The molecular formula is C13H13ClO2S. The predicted molar refractivity (Wildman–Crippen MR) is 71.0 cm³/mol. The van der Waals surface area contributed by atoms with Gasteiger partial charge >= 0.3 is 0 Å². The van der Waals surface area contributed by atoms with Gasteiger partial charge in [-0.2, -0.15) is 0 Å². The van der Waals surface area contributed by atoms with Gasteiger partial charge in [0.2, 0.25) is 0 Å². The number of para-hydroxylation sites is 1. The van der Waals surface area contributed by atoms with Crippen LogP contribution in [0.15, 0.2) is 35.7 Å². The Morgan fingerprint density at radius 2 is 2.18 bits per heavy atom. The van der Waals surface area contributed by atoms with Gasteiger partial charge in [-0.05, 0) is 17.7 Å². The minimum Gasteiger partial charge on any atom is -0.496 e. The fraction of sp³-hybridized carbons (Fsp3) is 0.231. The van der Waals surface area contributed by atoms with Gasteiger partial charge in [-0.3, -0.25) is 0 Å². The van der Waals surface area contributed by atoms with E-state index >= 15 is 0 Å². The van der Waals surface area contributed by atoms with Crippen LogP contribution < -0.4 is 4.74 Å². The van der Waals surface area contributed by atoms with Crippen molar-refractivity contribution in [3.05, 3.63) is 51.2 Å². The highest BCUT2D eigenvalue weighted by molar-refractivity contribution is 7.10. The normalized spacial score (nSPS) is 12.4. The highest BCUT2D eigenvalue weighted by Gasteiger charge is 2.13. The van der Waals surface area contributed by atoms with Gasteiger partial charge in [-0.15, -0.1) is 11.3 Å².